The molecule has 17 atom stereocenters. The number of cyclic esters (lactones) is 1. The van der Waals surface area contributed by atoms with Crippen LogP contribution in [0.5, 0.6) is 0 Å². The Kier molecular flexibility index (Phi) is 8.71. The maximum atomic E-state index is 12.5. The third-order valence-electron chi connectivity index (χ3n) is 14.0. The van der Waals surface area contributed by atoms with Gasteiger partial charge in [0.15, 0.2) is 12.6 Å². The van der Waals surface area contributed by atoms with Crippen molar-refractivity contribution >= 4 is 5.97 Å². The monoisotopic (exact) mass is 650 g/mol. The molecule has 7 rings (SSSR count). The first-order valence-corrected chi connectivity index (χ1v) is 17.7. The van der Waals surface area contributed by atoms with E-state index in [1.807, 2.05) is 13.8 Å². The maximum absolute atomic E-state index is 12.5. The van der Waals surface area contributed by atoms with Crippen LogP contribution in [0.25, 0.3) is 0 Å². The summed E-state index contributed by atoms with van der Waals surface area (Å²) < 4.78 is 29.7. The second-order valence-electron chi connectivity index (χ2n) is 16.1. The first-order chi connectivity index (χ1) is 21.7. The van der Waals surface area contributed by atoms with Crippen LogP contribution in [-0.2, 0) is 28.5 Å². The molecule has 11 heteroatoms. The summed E-state index contributed by atoms with van der Waals surface area (Å²) in [5.41, 5.74) is -0.819. The lowest BCUT2D eigenvalue weighted by atomic mass is 9.42. The molecule has 11 nitrogen and oxygen atoms in total. The number of esters is 1. The Morgan fingerprint density at radius 3 is 2.24 bits per heavy atom. The molecule has 0 bridgehead atoms. The quantitative estimate of drug-likeness (QED) is 0.219. The fourth-order valence-electron chi connectivity index (χ4n) is 11.3. The minimum absolute atomic E-state index is 0.0137. The standard InChI is InChI=1S/C35H54O11/c1-17-31(40)25(36)14-30(43-17)46-32-18(2)44-29(15-26(32)37)45-21-7-9-33(3)20(12-21)5-6-23-24(33)13-27(38)34(4)22(8-10-35(23,34)41)19-11-28(39)42-16-19/h11,17-18,20-27,29-32,36-38,40-41H,5-10,12-16H2,1-4H3/t17-,18-,20-,21+,22-,23-,24+,25+,26+,27-,29+,30+,31-,32-,33+,34+,35+/m1/s1. The summed E-state index contributed by atoms with van der Waals surface area (Å²) in [6.45, 7) is 8.18. The Balaban J connectivity index is 0.976. The van der Waals surface area contributed by atoms with Crippen LogP contribution < -0.4 is 0 Å². The van der Waals surface area contributed by atoms with Gasteiger partial charge >= 0.3 is 5.97 Å². The zero-order chi connectivity index (χ0) is 32.8. The lowest BCUT2D eigenvalue weighted by molar-refractivity contribution is -0.318. The van der Waals surface area contributed by atoms with Crippen LogP contribution in [0.4, 0.5) is 0 Å². The Bertz CT molecular complexity index is 1170. The molecule has 3 heterocycles. The van der Waals surface area contributed by atoms with E-state index in [2.05, 4.69) is 6.92 Å². The highest BCUT2D eigenvalue weighted by molar-refractivity contribution is 5.85. The predicted molar refractivity (Wildman–Crippen MR) is 163 cm³/mol. The van der Waals surface area contributed by atoms with Crippen molar-refractivity contribution in [2.45, 2.75) is 159 Å². The average molecular weight is 651 g/mol. The topological polar surface area (TPSA) is 164 Å². The number of carbonyl (C=O) groups excluding carboxylic acids is 1. The molecule has 7 aliphatic rings. The molecule has 0 aromatic carbocycles. The lowest BCUT2D eigenvalue weighted by Crippen LogP contribution is -2.67. The third-order valence-corrected chi connectivity index (χ3v) is 14.0. The van der Waals surface area contributed by atoms with Gasteiger partial charge in [-0.1, -0.05) is 13.8 Å². The number of rotatable bonds is 5. The molecule has 260 valence electrons. The summed E-state index contributed by atoms with van der Waals surface area (Å²) in [5.74, 6) is 0.294. The minimum Gasteiger partial charge on any atom is -0.458 e. The smallest absolute Gasteiger partial charge is 0.331 e. The summed E-state index contributed by atoms with van der Waals surface area (Å²) in [5, 5.41) is 55.4. The number of ether oxygens (including phenoxy) is 5. The van der Waals surface area contributed by atoms with E-state index in [4.69, 9.17) is 23.7 Å². The average Bonchev–Trinajstić information content (AvgIpc) is 3.55. The lowest BCUT2D eigenvalue weighted by Gasteiger charge is -2.65. The second-order valence-corrected chi connectivity index (χ2v) is 16.1. The van der Waals surface area contributed by atoms with Gasteiger partial charge in [0.05, 0.1) is 42.2 Å². The van der Waals surface area contributed by atoms with E-state index in [9.17, 15) is 30.3 Å². The van der Waals surface area contributed by atoms with Crippen molar-refractivity contribution in [3.63, 3.8) is 0 Å². The number of hydrogen-bond donors (Lipinski definition) is 5. The fourth-order valence-corrected chi connectivity index (χ4v) is 11.3. The molecule has 5 N–H and O–H groups in total. The van der Waals surface area contributed by atoms with E-state index in [0.717, 1.165) is 44.1 Å². The molecule has 0 amide bonds. The molecule has 3 aliphatic heterocycles. The predicted octanol–water partition coefficient (Wildman–Crippen LogP) is 2.34. The molecule has 0 spiro atoms. The third kappa shape index (κ3) is 5.22. The van der Waals surface area contributed by atoms with Crippen LogP contribution in [0.3, 0.4) is 0 Å². The van der Waals surface area contributed by atoms with E-state index < -0.39 is 66.3 Å². The summed E-state index contributed by atoms with van der Waals surface area (Å²) in [4.78, 5) is 11.9. The number of hydrogen-bond acceptors (Lipinski definition) is 11. The Labute approximate surface area is 271 Å². The maximum Gasteiger partial charge on any atom is 0.331 e. The summed E-state index contributed by atoms with van der Waals surface area (Å²) in [7, 11) is 0. The van der Waals surface area contributed by atoms with E-state index in [0.29, 0.717) is 18.8 Å². The van der Waals surface area contributed by atoms with Gasteiger partial charge in [-0.05, 0) is 99.9 Å². The van der Waals surface area contributed by atoms with Crippen molar-refractivity contribution in [3.05, 3.63) is 11.6 Å². The fraction of sp³-hybridized carbons (Fsp3) is 0.914. The molecule has 2 saturated heterocycles. The van der Waals surface area contributed by atoms with Gasteiger partial charge in [0.1, 0.15) is 18.8 Å². The van der Waals surface area contributed by atoms with E-state index in [1.165, 1.54) is 0 Å². The summed E-state index contributed by atoms with van der Waals surface area (Å²) in [6, 6.07) is 0. The molecule has 0 aromatic rings. The van der Waals surface area contributed by atoms with Crippen molar-refractivity contribution in [1.29, 1.82) is 0 Å². The van der Waals surface area contributed by atoms with Crippen molar-refractivity contribution in [2.75, 3.05) is 6.61 Å². The van der Waals surface area contributed by atoms with Crippen LogP contribution in [-0.4, -0.2) is 105 Å². The zero-order valence-corrected chi connectivity index (χ0v) is 27.6. The second kappa shape index (κ2) is 12.0. The molecule has 0 aromatic heterocycles. The number of fused-ring (bicyclic) bond motifs is 5. The van der Waals surface area contributed by atoms with Crippen molar-refractivity contribution in [1.82, 2.24) is 0 Å². The van der Waals surface area contributed by atoms with Crippen molar-refractivity contribution < 1.29 is 54.0 Å². The van der Waals surface area contributed by atoms with Crippen molar-refractivity contribution in [3.8, 4) is 0 Å². The van der Waals surface area contributed by atoms with Gasteiger partial charge in [-0.15, -0.1) is 0 Å². The number of carbonyl (C=O) groups is 1. The van der Waals surface area contributed by atoms with E-state index >= 15 is 0 Å². The van der Waals surface area contributed by atoms with Gasteiger partial charge in [-0.25, -0.2) is 4.79 Å². The molecule has 0 radical (unpaired) electrons. The SMILES string of the molecule is C[C@H]1O[C@@H](O[C@H]2[C@@H](O)C[C@H](O[C@H]3CC[C@@]4(C)[C@H](CC[C@@H]5[C@@H]4C[C@@H](O)[C@]4(C)[C@@H](C6=CC(=O)OC6)CC[C@]54O)C3)O[C@@H]2C)C[C@H](O)[C@@H]1O. The van der Waals surface area contributed by atoms with Crippen LogP contribution in [0.15, 0.2) is 11.6 Å². The Morgan fingerprint density at radius 2 is 1.54 bits per heavy atom. The molecule has 46 heavy (non-hydrogen) atoms. The van der Waals surface area contributed by atoms with Gasteiger partial charge in [-0.3, -0.25) is 0 Å². The Morgan fingerprint density at radius 1 is 0.826 bits per heavy atom. The van der Waals surface area contributed by atoms with Crippen molar-refractivity contribution in [2.24, 2.45) is 34.5 Å². The molecular formula is C35H54O11. The highest BCUT2D eigenvalue weighted by Crippen LogP contribution is 2.70. The van der Waals surface area contributed by atoms with Gasteiger partial charge in [-0.2, -0.15) is 0 Å². The number of aliphatic hydroxyl groups is 5. The summed E-state index contributed by atoms with van der Waals surface area (Å²) >= 11 is 0. The molecule has 4 aliphatic carbocycles. The van der Waals surface area contributed by atoms with Crippen LogP contribution in [0.1, 0.15) is 91.9 Å². The van der Waals surface area contributed by atoms with Gasteiger partial charge in [0.2, 0.25) is 0 Å². The van der Waals surface area contributed by atoms with E-state index in [1.54, 1.807) is 13.0 Å². The van der Waals surface area contributed by atoms with E-state index in [-0.39, 0.29) is 54.7 Å². The normalized spacial score (nSPS) is 55.6. The van der Waals surface area contributed by atoms with Gasteiger partial charge in [0.25, 0.3) is 0 Å². The molecular weight excluding hydrogens is 596 g/mol. The van der Waals surface area contributed by atoms with Crippen LogP contribution in [0.2, 0.25) is 0 Å². The largest absolute Gasteiger partial charge is 0.458 e. The van der Waals surface area contributed by atoms with Gasteiger partial charge in [0, 0.05) is 24.3 Å². The minimum atomic E-state index is -0.993. The Hall–Kier alpha value is -1.15. The zero-order valence-electron chi connectivity index (χ0n) is 27.6. The highest BCUT2D eigenvalue weighted by atomic mass is 16.7. The van der Waals surface area contributed by atoms with Crippen LogP contribution in [0, 0.1) is 34.5 Å². The molecule has 0 unspecified atom stereocenters. The summed E-state index contributed by atoms with van der Waals surface area (Å²) in [6.07, 6.45) is 2.09. The molecule has 4 saturated carbocycles. The molecule has 6 fully saturated rings. The van der Waals surface area contributed by atoms with Crippen LogP contribution >= 0.6 is 0 Å². The first-order valence-electron chi connectivity index (χ1n) is 17.7. The van der Waals surface area contributed by atoms with Gasteiger partial charge < -0.3 is 49.2 Å². The highest BCUT2D eigenvalue weighted by Gasteiger charge is 2.70. The first kappa shape index (κ1) is 33.4. The number of aliphatic hydroxyl groups excluding tert-OH is 4.